The van der Waals surface area contributed by atoms with E-state index in [1.165, 1.54) is 7.11 Å². The van der Waals surface area contributed by atoms with Crippen molar-refractivity contribution in [3.8, 4) is 0 Å². The van der Waals surface area contributed by atoms with Crippen molar-refractivity contribution in [2.24, 2.45) is 0 Å². The number of carbonyl (C=O) groups is 1. The van der Waals surface area contributed by atoms with E-state index in [0.717, 1.165) is 19.3 Å². The second kappa shape index (κ2) is 6.66. The fourth-order valence-electron chi connectivity index (χ4n) is 0.955. The molecule has 0 aliphatic heterocycles. The number of carbonyl (C=O) groups excluding carboxylic acids is 1. The van der Waals surface area contributed by atoms with E-state index in [1.54, 1.807) is 6.26 Å². The fraction of sp³-hybridized carbons (Fsp3) is 0.727. The minimum Gasteiger partial charge on any atom is -0.549 e. The number of unbranched alkanes of at least 4 members (excludes halogenated alkanes) is 1. The first kappa shape index (κ1) is 14.2. The summed E-state index contributed by atoms with van der Waals surface area (Å²) >= 11 is 0. The molecule has 0 amide bonds. The molecular formula is C11H22O3Si. The Morgan fingerprint density at radius 3 is 2.33 bits per heavy atom. The Morgan fingerprint density at radius 1 is 1.33 bits per heavy atom. The van der Waals surface area contributed by atoms with Gasteiger partial charge < -0.3 is 9.16 Å². The molecule has 0 rings (SSSR count). The average Bonchev–Trinajstić information content (AvgIpc) is 2.15. The minimum atomic E-state index is -1.60. The van der Waals surface area contributed by atoms with E-state index >= 15 is 0 Å². The molecule has 88 valence electrons. The lowest BCUT2D eigenvalue weighted by Gasteiger charge is -2.16. The molecule has 0 radical (unpaired) electrons. The van der Waals surface area contributed by atoms with Gasteiger partial charge in [0.25, 0.3) is 0 Å². The van der Waals surface area contributed by atoms with Crippen molar-refractivity contribution >= 4 is 14.3 Å². The van der Waals surface area contributed by atoms with Crippen LogP contribution in [-0.2, 0) is 14.0 Å². The molecule has 0 fully saturated rings. The molecular weight excluding hydrogens is 208 g/mol. The molecule has 0 saturated carbocycles. The summed E-state index contributed by atoms with van der Waals surface area (Å²) in [5, 5.41) is 0. The normalized spacial score (nSPS) is 12.5. The Labute approximate surface area is 93.6 Å². The third-order valence-corrected chi connectivity index (χ3v) is 2.63. The highest BCUT2D eigenvalue weighted by atomic mass is 28.4. The lowest BCUT2D eigenvalue weighted by Crippen LogP contribution is -2.23. The molecule has 0 saturated heterocycles. The van der Waals surface area contributed by atoms with E-state index in [-0.39, 0.29) is 5.97 Å². The number of hydrogen-bond donors (Lipinski definition) is 0. The first-order valence-electron chi connectivity index (χ1n) is 5.36. The molecule has 0 aliphatic rings. The van der Waals surface area contributed by atoms with Gasteiger partial charge in [-0.15, -0.1) is 0 Å². The Kier molecular flexibility index (Phi) is 6.32. The van der Waals surface area contributed by atoms with Crippen LogP contribution in [0.5, 0.6) is 0 Å². The lowest BCUT2D eigenvalue weighted by atomic mass is 10.1. The van der Waals surface area contributed by atoms with Gasteiger partial charge in [0.1, 0.15) is 0 Å². The Balaban J connectivity index is 4.41. The predicted octanol–water partition coefficient (Wildman–Crippen LogP) is 3.09. The van der Waals surface area contributed by atoms with Gasteiger partial charge in [0.15, 0.2) is 0 Å². The Bertz CT molecular complexity index is 228. The minimum absolute atomic E-state index is 0.276. The molecule has 0 aromatic rings. The summed E-state index contributed by atoms with van der Waals surface area (Å²) in [5.41, 5.74) is 0.641. The van der Waals surface area contributed by atoms with Gasteiger partial charge in [-0.1, -0.05) is 13.3 Å². The van der Waals surface area contributed by atoms with Crippen molar-refractivity contribution in [2.45, 2.75) is 45.8 Å². The zero-order valence-corrected chi connectivity index (χ0v) is 11.4. The van der Waals surface area contributed by atoms with Crippen LogP contribution in [-0.4, -0.2) is 21.4 Å². The van der Waals surface area contributed by atoms with Crippen LogP contribution in [0.25, 0.3) is 0 Å². The van der Waals surface area contributed by atoms with Crippen LogP contribution in [0, 0.1) is 0 Å². The molecule has 0 bridgehead atoms. The van der Waals surface area contributed by atoms with Crippen molar-refractivity contribution in [3.05, 3.63) is 11.8 Å². The van der Waals surface area contributed by atoms with Gasteiger partial charge in [0.2, 0.25) is 8.32 Å². The van der Waals surface area contributed by atoms with Crippen molar-refractivity contribution in [3.63, 3.8) is 0 Å². The predicted molar refractivity (Wildman–Crippen MR) is 64.1 cm³/mol. The van der Waals surface area contributed by atoms with Gasteiger partial charge in [0.05, 0.1) is 18.9 Å². The number of esters is 1. The van der Waals surface area contributed by atoms with E-state index in [9.17, 15) is 4.79 Å². The summed E-state index contributed by atoms with van der Waals surface area (Å²) in [6.07, 6.45) is 4.36. The highest BCUT2D eigenvalue weighted by Crippen LogP contribution is 2.12. The lowest BCUT2D eigenvalue weighted by molar-refractivity contribution is -0.136. The van der Waals surface area contributed by atoms with Gasteiger partial charge >= 0.3 is 5.97 Å². The summed E-state index contributed by atoms with van der Waals surface area (Å²) in [4.78, 5) is 11.4. The SMILES string of the molecule is CCCCC(=CO[Si](C)(C)C)C(=O)OC. The molecule has 0 unspecified atom stereocenters. The molecule has 3 nitrogen and oxygen atoms in total. The van der Waals surface area contributed by atoms with E-state index in [0.29, 0.717) is 5.57 Å². The maximum atomic E-state index is 11.4. The van der Waals surface area contributed by atoms with E-state index in [4.69, 9.17) is 9.16 Å². The van der Waals surface area contributed by atoms with Crippen molar-refractivity contribution in [2.75, 3.05) is 7.11 Å². The highest BCUT2D eigenvalue weighted by molar-refractivity contribution is 6.69. The Morgan fingerprint density at radius 2 is 1.93 bits per heavy atom. The summed E-state index contributed by atoms with van der Waals surface area (Å²) in [5.74, 6) is -0.276. The molecule has 4 heteroatoms. The maximum Gasteiger partial charge on any atom is 0.336 e. The summed E-state index contributed by atoms with van der Waals surface area (Å²) in [7, 11) is -0.203. The zero-order valence-electron chi connectivity index (χ0n) is 10.4. The monoisotopic (exact) mass is 230 g/mol. The average molecular weight is 230 g/mol. The van der Waals surface area contributed by atoms with Gasteiger partial charge in [-0.25, -0.2) is 4.79 Å². The number of methoxy groups -OCH3 is 1. The van der Waals surface area contributed by atoms with Crippen LogP contribution in [0.15, 0.2) is 11.8 Å². The summed E-state index contributed by atoms with van der Waals surface area (Å²) in [6.45, 7) is 8.34. The van der Waals surface area contributed by atoms with Crippen LogP contribution in [0.2, 0.25) is 19.6 Å². The number of hydrogen-bond acceptors (Lipinski definition) is 3. The third-order valence-electron chi connectivity index (χ3n) is 1.80. The maximum absolute atomic E-state index is 11.4. The van der Waals surface area contributed by atoms with Crippen molar-refractivity contribution in [1.82, 2.24) is 0 Å². The van der Waals surface area contributed by atoms with Crippen molar-refractivity contribution < 1.29 is 14.0 Å². The van der Waals surface area contributed by atoms with Gasteiger partial charge in [-0.05, 0) is 32.5 Å². The number of ether oxygens (including phenoxy) is 1. The summed E-state index contributed by atoms with van der Waals surface area (Å²) < 4.78 is 10.3. The first-order chi connectivity index (χ1) is 6.90. The van der Waals surface area contributed by atoms with E-state index in [1.807, 2.05) is 0 Å². The van der Waals surface area contributed by atoms with Crippen molar-refractivity contribution in [1.29, 1.82) is 0 Å². The van der Waals surface area contributed by atoms with Crippen LogP contribution < -0.4 is 0 Å². The molecule has 0 N–H and O–H groups in total. The fourth-order valence-corrected chi connectivity index (χ4v) is 1.45. The largest absolute Gasteiger partial charge is 0.549 e. The van der Waals surface area contributed by atoms with Gasteiger partial charge in [-0.3, -0.25) is 0 Å². The molecule has 0 aromatic carbocycles. The highest BCUT2D eigenvalue weighted by Gasteiger charge is 2.16. The Hall–Kier alpha value is -0.773. The van der Waals surface area contributed by atoms with Crippen LogP contribution in [0.3, 0.4) is 0 Å². The second-order valence-corrected chi connectivity index (χ2v) is 8.93. The van der Waals surface area contributed by atoms with Crippen LogP contribution in [0.1, 0.15) is 26.2 Å². The van der Waals surface area contributed by atoms with Gasteiger partial charge in [0, 0.05) is 0 Å². The summed E-state index contributed by atoms with van der Waals surface area (Å²) in [6, 6.07) is 0. The zero-order chi connectivity index (χ0) is 11.9. The number of rotatable bonds is 6. The molecule has 0 spiro atoms. The molecule has 0 aromatic heterocycles. The third kappa shape index (κ3) is 7.19. The van der Waals surface area contributed by atoms with E-state index in [2.05, 4.69) is 26.6 Å². The molecule has 0 heterocycles. The topological polar surface area (TPSA) is 35.5 Å². The van der Waals surface area contributed by atoms with E-state index < -0.39 is 8.32 Å². The van der Waals surface area contributed by atoms with Crippen LogP contribution in [0.4, 0.5) is 0 Å². The smallest absolute Gasteiger partial charge is 0.336 e. The molecule has 0 atom stereocenters. The molecule has 0 aliphatic carbocycles. The standard InChI is InChI=1S/C11H22O3Si/c1-6-7-8-10(11(12)13-2)9-14-15(3,4)5/h9H,6-8H2,1-5H3. The second-order valence-electron chi connectivity index (χ2n) is 4.47. The first-order valence-corrected chi connectivity index (χ1v) is 8.76. The van der Waals surface area contributed by atoms with Gasteiger partial charge in [-0.2, -0.15) is 0 Å². The quantitative estimate of drug-likeness (QED) is 0.304. The van der Waals surface area contributed by atoms with Crippen LogP contribution >= 0.6 is 0 Å². The molecule has 15 heavy (non-hydrogen) atoms.